The van der Waals surface area contributed by atoms with E-state index in [1.54, 1.807) is 27.8 Å². The zero-order chi connectivity index (χ0) is 15.8. The van der Waals surface area contributed by atoms with E-state index in [2.05, 4.69) is 5.10 Å². The Bertz CT molecular complexity index is 750. The van der Waals surface area contributed by atoms with Gasteiger partial charge in [0.05, 0.1) is 13.2 Å². The van der Waals surface area contributed by atoms with Crippen molar-refractivity contribution >= 4 is 5.91 Å². The first-order valence-corrected chi connectivity index (χ1v) is 7.98. The number of nitrogens with zero attached hydrogens (tertiary/aromatic N) is 3. The van der Waals surface area contributed by atoms with Crippen LogP contribution in [0.2, 0.25) is 0 Å². The van der Waals surface area contributed by atoms with Gasteiger partial charge in [-0.05, 0) is 31.4 Å². The largest absolute Gasteiger partial charge is 0.378 e. The van der Waals surface area contributed by atoms with Gasteiger partial charge in [0.15, 0.2) is 5.69 Å². The van der Waals surface area contributed by atoms with E-state index in [9.17, 15) is 9.18 Å². The summed E-state index contributed by atoms with van der Waals surface area (Å²) in [6, 6.07) is 6.55. The van der Waals surface area contributed by atoms with Crippen molar-refractivity contribution in [2.24, 2.45) is 0 Å². The highest BCUT2D eigenvalue weighted by Gasteiger charge is 2.30. The molecule has 1 saturated heterocycles. The molecule has 1 amide bonds. The van der Waals surface area contributed by atoms with Crippen molar-refractivity contribution in [2.45, 2.75) is 19.3 Å². The first-order valence-electron chi connectivity index (χ1n) is 7.98. The van der Waals surface area contributed by atoms with Gasteiger partial charge in [-0.2, -0.15) is 5.10 Å². The van der Waals surface area contributed by atoms with Crippen molar-refractivity contribution in [3.8, 4) is 5.69 Å². The Hall–Kier alpha value is -2.21. The average molecular weight is 315 g/mol. The molecule has 2 aliphatic rings. The molecule has 1 aliphatic carbocycles. The lowest BCUT2D eigenvalue weighted by atomic mass is 10.2. The predicted octanol–water partition coefficient (Wildman–Crippen LogP) is 1.97. The quantitative estimate of drug-likeness (QED) is 0.851. The molecule has 0 radical (unpaired) electrons. The van der Waals surface area contributed by atoms with Crippen LogP contribution in [0, 0.1) is 5.82 Å². The number of carbonyl (C=O) groups is 1. The molecule has 1 aliphatic heterocycles. The van der Waals surface area contributed by atoms with Crippen LogP contribution in [-0.2, 0) is 17.6 Å². The SMILES string of the molecule is O=C(c1nn(-c2ccccc2F)c2c1CCC2)N1CCOCC1. The minimum absolute atomic E-state index is 0.0680. The van der Waals surface area contributed by atoms with E-state index >= 15 is 0 Å². The number of rotatable bonds is 2. The van der Waals surface area contributed by atoms with E-state index in [1.807, 2.05) is 0 Å². The lowest BCUT2D eigenvalue weighted by Crippen LogP contribution is -2.41. The second-order valence-electron chi connectivity index (χ2n) is 5.90. The standard InChI is InChI=1S/C17H18FN3O2/c18-13-5-1-2-6-15(13)21-14-7-3-4-12(14)16(19-21)17(22)20-8-10-23-11-9-20/h1-2,5-6H,3-4,7-11H2. The fourth-order valence-electron chi connectivity index (χ4n) is 3.35. The lowest BCUT2D eigenvalue weighted by molar-refractivity contribution is 0.0298. The molecule has 0 bridgehead atoms. The topological polar surface area (TPSA) is 47.4 Å². The van der Waals surface area contributed by atoms with Crippen LogP contribution in [0.4, 0.5) is 4.39 Å². The van der Waals surface area contributed by atoms with Gasteiger partial charge in [-0.1, -0.05) is 12.1 Å². The number of hydrogen-bond donors (Lipinski definition) is 0. The van der Waals surface area contributed by atoms with Crippen molar-refractivity contribution in [1.82, 2.24) is 14.7 Å². The molecule has 1 aromatic carbocycles. The van der Waals surface area contributed by atoms with E-state index < -0.39 is 0 Å². The summed E-state index contributed by atoms with van der Waals surface area (Å²) in [4.78, 5) is 14.6. The van der Waals surface area contributed by atoms with E-state index in [0.717, 1.165) is 30.5 Å². The number of aromatic nitrogens is 2. The Kier molecular flexibility index (Phi) is 3.61. The summed E-state index contributed by atoms with van der Waals surface area (Å²) >= 11 is 0. The van der Waals surface area contributed by atoms with Gasteiger partial charge < -0.3 is 9.64 Å². The molecule has 0 atom stereocenters. The van der Waals surface area contributed by atoms with Gasteiger partial charge >= 0.3 is 0 Å². The Morgan fingerprint density at radius 3 is 2.74 bits per heavy atom. The van der Waals surface area contributed by atoms with E-state index in [-0.39, 0.29) is 11.7 Å². The molecule has 1 aromatic heterocycles. The summed E-state index contributed by atoms with van der Waals surface area (Å²) in [6.45, 7) is 2.28. The fourth-order valence-corrected chi connectivity index (χ4v) is 3.35. The third-order valence-electron chi connectivity index (χ3n) is 4.51. The third kappa shape index (κ3) is 2.43. The van der Waals surface area contributed by atoms with Crippen molar-refractivity contribution in [3.05, 3.63) is 47.0 Å². The molecule has 4 rings (SSSR count). The maximum Gasteiger partial charge on any atom is 0.274 e. The number of ether oxygens (including phenoxy) is 1. The first kappa shape index (κ1) is 14.4. The molecule has 0 unspecified atom stereocenters. The summed E-state index contributed by atoms with van der Waals surface area (Å²) in [5.74, 6) is -0.392. The van der Waals surface area contributed by atoms with E-state index in [0.29, 0.717) is 37.7 Å². The molecule has 0 spiro atoms. The van der Waals surface area contributed by atoms with E-state index in [1.165, 1.54) is 6.07 Å². The molecular formula is C17H18FN3O2. The molecule has 23 heavy (non-hydrogen) atoms. The number of para-hydroxylation sites is 1. The van der Waals surface area contributed by atoms with Crippen LogP contribution in [0.5, 0.6) is 0 Å². The molecule has 2 heterocycles. The molecule has 1 fully saturated rings. The third-order valence-corrected chi connectivity index (χ3v) is 4.51. The van der Waals surface area contributed by atoms with Crippen LogP contribution in [0.3, 0.4) is 0 Å². The highest BCUT2D eigenvalue weighted by molar-refractivity contribution is 5.94. The normalized spacial score (nSPS) is 17.3. The van der Waals surface area contributed by atoms with Gasteiger partial charge in [0.1, 0.15) is 11.5 Å². The smallest absolute Gasteiger partial charge is 0.274 e. The first-order chi connectivity index (χ1) is 11.3. The van der Waals surface area contributed by atoms with Crippen molar-refractivity contribution in [1.29, 1.82) is 0 Å². The molecule has 6 heteroatoms. The number of halogens is 1. The molecule has 2 aromatic rings. The minimum Gasteiger partial charge on any atom is -0.378 e. The lowest BCUT2D eigenvalue weighted by Gasteiger charge is -2.26. The monoisotopic (exact) mass is 315 g/mol. The zero-order valence-corrected chi connectivity index (χ0v) is 12.8. The second-order valence-corrected chi connectivity index (χ2v) is 5.90. The maximum atomic E-state index is 14.1. The highest BCUT2D eigenvalue weighted by Crippen LogP contribution is 2.29. The molecular weight excluding hydrogens is 297 g/mol. The minimum atomic E-state index is -0.324. The summed E-state index contributed by atoms with van der Waals surface area (Å²) < 4.78 is 21.1. The molecule has 0 N–H and O–H groups in total. The van der Waals surface area contributed by atoms with Crippen molar-refractivity contribution in [2.75, 3.05) is 26.3 Å². The fraction of sp³-hybridized carbons (Fsp3) is 0.412. The van der Waals surface area contributed by atoms with Gasteiger partial charge in [0.25, 0.3) is 5.91 Å². The Morgan fingerprint density at radius 1 is 1.17 bits per heavy atom. The Labute approximate surface area is 133 Å². The number of benzene rings is 1. The van der Waals surface area contributed by atoms with Crippen molar-refractivity contribution in [3.63, 3.8) is 0 Å². The van der Waals surface area contributed by atoms with Crippen LogP contribution < -0.4 is 0 Å². The average Bonchev–Trinajstić information content (AvgIpc) is 3.18. The number of morpholine rings is 1. The number of fused-ring (bicyclic) bond motifs is 1. The number of amides is 1. The van der Waals surface area contributed by atoms with Crippen LogP contribution in [-0.4, -0.2) is 46.9 Å². The van der Waals surface area contributed by atoms with Crippen LogP contribution in [0.1, 0.15) is 28.2 Å². The summed E-state index contributed by atoms with van der Waals surface area (Å²) in [5, 5.41) is 4.48. The van der Waals surface area contributed by atoms with Crippen LogP contribution in [0.25, 0.3) is 5.69 Å². The molecule has 5 nitrogen and oxygen atoms in total. The van der Waals surface area contributed by atoms with Gasteiger partial charge in [-0.15, -0.1) is 0 Å². The van der Waals surface area contributed by atoms with Crippen LogP contribution >= 0.6 is 0 Å². The predicted molar refractivity (Wildman–Crippen MR) is 82.3 cm³/mol. The molecule has 0 saturated carbocycles. The molecule has 120 valence electrons. The van der Waals surface area contributed by atoms with Gasteiger partial charge in [0.2, 0.25) is 0 Å². The van der Waals surface area contributed by atoms with Gasteiger partial charge in [0, 0.05) is 24.3 Å². The highest BCUT2D eigenvalue weighted by atomic mass is 19.1. The van der Waals surface area contributed by atoms with Gasteiger partial charge in [-0.3, -0.25) is 4.79 Å². The maximum absolute atomic E-state index is 14.1. The van der Waals surface area contributed by atoms with E-state index in [4.69, 9.17) is 4.74 Å². The second kappa shape index (κ2) is 5.77. The Morgan fingerprint density at radius 2 is 1.96 bits per heavy atom. The van der Waals surface area contributed by atoms with Crippen LogP contribution in [0.15, 0.2) is 24.3 Å². The number of hydrogen-bond acceptors (Lipinski definition) is 3. The number of carbonyl (C=O) groups excluding carboxylic acids is 1. The van der Waals surface area contributed by atoms with Gasteiger partial charge in [-0.25, -0.2) is 9.07 Å². The summed E-state index contributed by atoms with van der Waals surface area (Å²) in [6.07, 6.45) is 2.63. The summed E-state index contributed by atoms with van der Waals surface area (Å²) in [5.41, 5.74) is 2.82. The zero-order valence-electron chi connectivity index (χ0n) is 12.8. The summed E-state index contributed by atoms with van der Waals surface area (Å²) in [7, 11) is 0. The Balaban J connectivity index is 1.76. The van der Waals surface area contributed by atoms with Crippen molar-refractivity contribution < 1.29 is 13.9 Å².